The van der Waals surface area contributed by atoms with Crippen LogP contribution >= 0.6 is 11.6 Å². The first kappa shape index (κ1) is 17.1. The average molecular weight is 380 g/mol. The standard InChI is InChI=1S/C20H14ClN3O3/c1-12(20-22-16-4-2-3-5-17(16)23-20)10-14-7-9-19(27-14)15-8-6-13(21)11-18(15)24(25)26/h2-11H,1H3,(H,22,23)/b12-10+. The Morgan fingerprint density at radius 2 is 2.04 bits per heavy atom. The molecule has 0 aliphatic carbocycles. The summed E-state index contributed by atoms with van der Waals surface area (Å²) in [6.07, 6.45) is 1.84. The molecule has 0 amide bonds. The fourth-order valence-corrected chi connectivity index (χ4v) is 3.03. The highest BCUT2D eigenvalue weighted by Crippen LogP contribution is 2.34. The van der Waals surface area contributed by atoms with Crippen LogP contribution in [0.25, 0.3) is 34.0 Å². The predicted molar refractivity (Wildman–Crippen MR) is 105 cm³/mol. The number of benzene rings is 2. The molecule has 0 spiro atoms. The zero-order valence-corrected chi connectivity index (χ0v) is 15.0. The second kappa shape index (κ2) is 6.74. The van der Waals surface area contributed by atoms with E-state index in [1.165, 1.54) is 6.07 Å². The second-order valence-electron chi connectivity index (χ2n) is 6.05. The summed E-state index contributed by atoms with van der Waals surface area (Å²) in [6.45, 7) is 1.92. The third-order valence-corrected chi connectivity index (χ3v) is 4.41. The molecule has 0 unspecified atom stereocenters. The number of aromatic nitrogens is 2. The number of fused-ring (bicyclic) bond motifs is 1. The van der Waals surface area contributed by atoms with Crippen LogP contribution in [0.4, 0.5) is 5.69 Å². The normalized spacial score (nSPS) is 11.9. The van der Waals surface area contributed by atoms with E-state index in [1.807, 2.05) is 37.3 Å². The van der Waals surface area contributed by atoms with E-state index in [2.05, 4.69) is 9.97 Å². The van der Waals surface area contributed by atoms with Crippen LogP contribution < -0.4 is 0 Å². The summed E-state index contributed by atoms with van der Waals surface area (Å²) in [5.41, 5.74) is 3.01. The molecule has 6 nitrogen and oxygen atoms in total. The van der Waals surface area contributed by atoms with Crippen molar-refractivity contribution in [2.24, 2.45) is 0 Å². The minimum absolute atomic E-state index is 0.0959. The molecule has 2 heterocycles. The fraction of sp³-hybridized carbons (Fsp3) is 0.0500. The number of nitro benzene ring substituents is 1. The first-order chi connectivity index (χ1) is 13.0. The van der Waals surface area contributed by atoms with E-state index in [-0.39, 0.29) is 5.69 Å². The number of nitro groups is 1. The van der Waals surface area contributed by atoms with Crippen LogP contribution in [0.1, 0.15) is 18.5 Å². The van der Waals surface area contributed by atoms with Crippen molar-refractivity contribution in [3.8, 4) is 11.3 Å². The third-order valence-electron chi connectivity index (χ3n) is 4.17. The summed E-state index contributed by atoms with van der Waals surface area (Å²) in [7, 11) is 0. The highest BCUT2D eigenvalue weighted by atomic mass is 35.5. The molecular weight excluding hydrogens is 366 g/mol. The Morgan fingerprint density at radius 1 is 1.22 bits per heavy atom. The fourth-order valence-electron chi connectivity index (χ4n) is 2.86. The minimum atomic E-state index is -0.473. The van der Waals surface area contributed by atoms with Crippen molar-refractivity contribution >= 4 is 40.0 Å². The Balaban J connectivity index is 1.68. The van der Waals surface area contributed by atoms with Gasteiger partial charge in [0.25, 0.3) is 5.69 Å². The van der Waals surface area contributed by atoms with Crippen LogP contribution in [0.3, 0.4) is 0 Å². The molecule has 1 N–H and O–H groups in total. The number of imidazole rings is 1. The molecule has 0 bridgehead atoms. The van der Waals surface area contributed by atoms with Gasteiger partial charge in [0.15, 0.2) is 0 Å². The molecule has 0 atom stereocenters. The van der Waals surface area contributed by atoms with Gasteiger partial charge in [-0.2, -0.15) is 0 Å². The van der Waals surface area contributed by atoms with Crippen molar-refractivity contribution in [2.45, 2.75) is 6.92 Å². The number of aromatic amines is 1. The zero-order valence-electron chi connectivity index (χ0n) is 14.3. The van der Waals surface area contributed by atoms with E-state index in [9.17, 15) is 10.1 Å². The number of para-hydroxylation sites is 2. The van der Waals surface area contributed by atoms with Gasteiger partial charge in [-0.05, 0) is 55.0 Å². The number of nitrogens with zero attached hydrogens (tertiary/aromatic N) is 2. The highest BCUT2D eigenvalue weighted by Gasteiger charge is 2.18. The molecule has 0 aliphatic rings. The van der Waals surface area contributed by atoms with E-state index in [1.54, 1.807) is 24.3 Å². The van der Waals surface area contributed by atoms with Crippen LogP contribution in [0.5, 0.6) is 0 Å². The molecule has 27 heavy (non-hydrogen) atoms. The first-order valence-corrected chi connectivity index (χ1v) is 8.56. The number of nitrogens with one attached hydrogen (secondary N) is 1. The van der Waals surface area contributed by atoms with Crippen molar-refractivity contribution in [3.05, 3.63) is 81.3 Å². The van der Waals surface area contributed by atoms with Crippen LogP contribution in [-0.2, 0) is 0 Å². The number of allylic oxidation sites excluding steroid dienone is 1. The van der Waals surface area contributed by atoms with E-state index in [4.69, 9.17) is 16.0 Å². The minimum Gasteiger partial charge on any atom is -0.456 e. The Bertz CT molecular complexity index is 1160. The molecule has 4 aromatic rings. The van der Waals surface area contributed by atoms with Gasteiger partial charge in [0.05, 0.1) is 21.5 Å². The van der Waals surface area contributed by atoms with Gasteiger partial charge in [-0.3, -0.25) is 10.1 Å². The molecular formula is C20H14ClN3O3. The quantitative estimate of drug-likeness (QED) is 0.351. The van der Waals surface area contributed by atoms with Crippen molar-refractivity contribution in [2.75, 3.05) is 0 Å². The van der Waals surface area contributed by atoms with Crippen LogP contribution in [0, 0.1) is 10.1 Å². The van der Waals surface area contributed by atoms with E-state index < -0.39 is 4.92 Å². The van der Waals surface area contributed by atoms with Crippen LogP contribution in [-0.4, -0.2) is 14.9 Å². The lowest BCUT2D eigenvalue weighted by Gasteiger charge is -2.00. The van der Waals surface area contributed by atoms with Gasteiger partial charge in [0.1, 0.15) is 17.3 Å². The van der Waals surface area contributed by atoms with Crippen molar-refractivity contribution in [1.82, 2.24) is 9.97 Å². The number of H-pyrrole nitrogens is 1. The van der Waals surface area contributed by atoms with Crippen LogP contribution in [0.2, 0.25) is 5.02 Å². The summed E-state index contributed by atoms with van der Waals surface area (Å²) in [5.74, 6) is 1.72. The summed E-state index contributed by atoms with van der Waals surface area (Å²) in [4.78, 5) is 18.6. The summed E-state index contributed by atoms with van der Waals surface area (Å²) in [6, 6.07) is 15.7. The maximum absolute atomic E-state index is 11.3. The molecule has 134 valence electrons. The molecule has 0 radical (unpaired) electrons. The van der Waals surface area contributed by atoms with Gasteiger partial charge < -0.3 is 9.40 Å². The lowest BCUT2D eigenvalue weighted by molar-refractivity contribution is -0.384. The van der Waals surface area contributed by atoms with Crippen molar-refractivity contribution < 1.29 is 9.34 Å². The maximum atomic E-state index is 11.3. The van der Waals surface area contributed by atoms with Crippen molar-refractivity contribution in [1.29, 1.82) is 0 Å². The number of halogens is 1. The van der Waals surface area contributed by atoms with E-state index in [0.29, 0.717) is 22.1 Å². The topological polar surface area (TPSA) is 85.0 Å². The molecule has 7 heteroatoms. The average Bonchev–Trinajstić information content (AvgIpc) is 3.28. The summed E-state index contributed by atoms with van der Waals surface area (Å²) >= 11 is 5.87. The molecule has 0 aliphatic heterocycles. The number of hydrogen-bond acceptors (Lipinski definition) is 4. The number of rotatable bonds is 4. The lowest BCUT2D eigenvalue weighted by Crippen LogP contribution is -1.91. The molecule has 0 saturated heterocycles. The largest absolute Gasteiger partial charge is 0.456 e. The highest BCUT2D eigenvalue weighted by molar-refractivity contribution is 6.30. The van der Waals surface area contributed by atoms with Gasteiger partial charge in [-0.1, -0.05) is 23.7 Å². The van der Waals surface area contributed by atoms with Gasteiger partial charge in [-0.15, -0.1) is 0 Å². The number of hydrogen-bond donors (Lipinski definition) is 1. The van der Waals surface area contributed by atoms with Gasteiger partial charge in [0, 0.05) is 11.1 Å². The Kier molecular flexibility index (Phi) is 4.25. The monoisotopic (exact) mass is 379 g/mol. The molecule has 0 fully saturated rings. The first-order valence-electron chi connectivity index (χ1n) is 8.19. The third kappa shape index (κ3) is 3.35. The molecule has 0 saturated carbocycles. The smallest absolute Gasteiger partial charge is 0.281 e. The van der Waals surface area contributed by atoms with Crippen molar-refractivity contribution in [3.63, 3.8) is 0 Å². The Labute approximate surface area is 159 Å². The predicted octanol–water partition coefficient (Wildman–Crippen LogP) is 5.95. The summed E-state index contributed by atoms with van der Waals surface area (Å²) in [5, 5.41) is 11.6. The zero-order chi connectivity index (χ0) is 19.0. The van der Waals surface area contributed by atoms with E-state index >= 15 is 0 Å². The van der Waals surface area contributed by atoms with Gasteiger partial charge >= 0.3 is 0 Å². The Hall–Kier alpha value is -3.38. The Morgan fingerprint density at radius 3 is 2.81 bits per heavy atom. The number of furan rings is 1. The van der Waals surface area contributed by atoms with Gasteiger partial charge in [0.2, 0.25) is 0 Å². The molecule has 2 aromatic carbocycles. The lowest BCUT2D eigenvalue weighted by atomic mass is 10.1. The second-order valence-corrected chi connectivity index (χ2v) is 6.49. The SMILES string of the molecule is C/C(=C\c1ccc(-c2ccc(Cl)cc2[N+](=O)[O-])o1)c1nc2ccccc2[nH]1. The maximum Gasteiger partial charge on any atom is 0.281 e. The molecule has 2 aromatic heterocycles. The van der Waals surface area contributed by atoms with Crippen LogP contribution in [0.15, 0.2) is 59.0 Å². The summed E-state index contributed by atoms with van der Waals surface area (Å²) < 4.78 is 5.80. The van der Waals surface area contributed by atoms with E-state index in [0.717, 1.165) is 22.4 Å². The van der Waals surface area contributed by atoms with Gasteiger partial charge in [-0.25, -0.2) is 4.98 Å². The molecule has 4 rings (SSSR count).